The largest absolute Gasteiger partial charge is 0.390 e. The van der Waals surface area contributed by atoms with Crippen LogP contribution in [-0.2, 0) is 4.74 Å². The molecule has 60 valence electrons. The molecule has 1 fully saturated rings. The zero-order valence-corrected chi connectivity index (χ0v) is 6.76. The van der Waals surface area contributed by atoms with Crippen molar-refractivity contribution in [3.63, 3.8) is 0 Å². The maximum Gasteiger partial charge on any atom is 0.0669 e. The molecule has 0 aliphatic heterocycles. The van der Waals surface area contributed by atoms with Crippen LogP contribution in [0.4, 0.5) is 0 Å². The van der Waals surface area contributed by atoms with Crippen LogP contribution in [0.5, 0.6) is 0 Å². The van der Waals surface area contributed by atoms with Gasteiger partial charge in [0.25, 0.3) is 0 Å². The van der Waals surface area contributed by atoms with Crippen LogP contribution in [-0.4, -0.2) is 24.4 Å². The van der Waals surface area contributed by atoms with Crippen LogP contribution < -0.4 is 0 Å². The fraction of sp³-hybridized carbons (Fsp3) is 1.00. The summed E-state index contributed by atoms with van der Waals surface area (Å²) in [6.45, 7) is 2.58. The topological polar surface area (TPSA) is 29.5 Å². The molecule has 1 unspecified atom stereocenters. The molecule has 1 aliphatic carbocycles. The summed E-state index contributed by atoms with van der Waals surface area (Å²) in [6, 6.07) is 0. The van der Waals surface area contributed by atoms with Crippen molar-refractivity contribution in [1.29, 1.82) is 0 Å². The predicted octanol–water partition coefficient (Wildman–Crippen LogP) is 1.18. The zero-order chi connectivity index (χ0) is 7.61. The van der Waals surface area contributed by atoms with E-state index >= 15 is 0 Å². The molecule has 0 spiro atoms. The molecule has 1 atom stereocenters. The summed E-state index contributed by atoms with van der Waals surface area (Å²) in [5.74, 6) is 0.544. The average Bonchev–Trinajstić information content (AvgIpc) is 2.64. The molecule has 10 heavy (non-hydrogen) atoms. The first kappa shape index (κ1) is 8.02. The van der Waals surface area contributed by atoms with Gasteiger partial charge < -0.3 is 9.84 Å². The Balaban J connectivity index is 2.20. The minimum atomic E-state index is -0.462. The Morgan fingerprint density at radius 1 is 1.60 bits per heavy atom. The number of rotatable bonds is 4. The highest BCUT2D eigenvalue weighted by molar-refractivity contribution is 4.90. The molecule has 0 aromatic rings. The van der Waals surface area contributed by atoms with Crippen LogP contribution in [0.3, 0.4) is 0 Å². The third-order valence-corrected chi connectivity index (χ3v) is 2.27. The monoisotopic (exact) mass is 144 g/mol. The van der Waals surface area contributed by atoms with Crippen molar-refractivity contribution in [2.24, 2.45) is 5.92 Å². The number of ether oxygens (including phenoxy) is 1. The van der Waals surface area contributed by atoms with Gasteiger partial charge in [-0.25, -0.2) is 0 Å². The molecular weight excluding hydrogens is 128 g/mol. The molecule has 1 saturated carbocycles. The second kappa shape index (κ2) is 2.89. The van der Waals surface area contributed by atoms with E-state index in [2.05, 4.69) is 0 Å². The van der Waals surface area contributed by atoms with Crippen molar-refractivity contribution in [2.75, 3.05) is 13.7 Å². The maximum absolute atomic E-state index is 9.71. The molecule has 0 saturated heterocycles. The smallest absolute Gasteiger partial charge is 0.0669 e. The van der Waals surface area contributed by atoms with Crippen molar-refractivity contribution < 1.29 is 9.84 Å². The van der Waals surface area contributed by atoms with E-state index < -0.39 is 5.60 Å². The van der Waals surface area contributed by atoms with Crippen LogP contribution in [0.25, 0.3) is 0 Å². The highest BCUT2D eigenvalue weighted by atomic mass is 16.5. The van der Waals surface area contributed by atoms with Gasteiger partial charge in [0.05, 0.1) is 5.60 Å². The molecule has 0 bridgehead atoms. The minimum absolute atomic E-state index is 0.462. The summed E-state index contributed by atoms with van der Waals surface area (Å²) in [6.07, 6.45) is 3.15. The first-order chi connectivity index (χ1) is 4.67. The van der Waals surface area contributed by atoms with Crippen LogP contribution in [0, 0.1) is 5.92 Å². The molecule has 1 rings (SSSR count). The van der Waals surface area contributed by atoms with E-state index in [1.54, 1.807) is 7.11 Å². The number of aliphatic hydroxyl groups is 1. The van der Waals surface area contributed by atoms with E-state index in [0.717, 1.165) is 6.42 Å². The molecule has 2 nitrogen and oxygen atoms in total. The van der Waals surface area contributed by atoms with E-state index in [4.69, 9.17) is 4.74 Å². The SMILES string of the molecule is COCCC(C)(O)C1CC1. The van der Waals surface area contributed by atoms with Gasteiger partial charge in [-0.15, -0.1) is 0 Å². The van der Waals surface area contributed by atoms with Gasteiger partial charge in [0, 0.05) is 13.7 Å². The van der Waals surface area contributed by atoms with Gasteiger partial charge in [-0.1, -0.05) is 0 Å². The Hall–Kier alpha value is -0.0800. The van der Waals surface area contributed by atoms with Crippen LogP contribution >= 0.6 is 0 Å². The Morgan fingerprint density at radius 2 is 2.20 bits per heavy atom. The van der Waals surface area contributed by atoms with Crippen LogP contribution in [0.2, 0.25) is 0 Å². The Labute approximate surface area is 62.2 Å². The summed E-state index contributed by atoms with van der Waals surface area (Å²) in [7, 11) is 1.67. The zero-order valence-electron chi connectivity index (χ0n) is 6.76. The summed E-state index contributed by atoms with van der Waals surface area (Å²) in [5.41, 5.74) is -0.462. The lowest BCUT2D eigenvalue weighted by Gasteiger charge is -2.21. The van der Waals surface area contributed by atoms with Crippen molar-refractivity contribution in [2.45, 2.75) is 31.8 Å². The van der Waals surface area contributed by atoms with Gasteiger partial charge >= 0.3 is 0 Å². The molecule has 1 N–H and O–H groups in total. The van der Waals surface area contributed by atoms with E-state index in [1.807, 2.05) is 6.92 Å². The van der Waals surface area contributed by atoms with E-state index in [9.17, 15) is 5.11 Å². The van der Waals surface area contributed by atoms with Gasteiger partial charge in [-0.2, -0.15) is 0 Å². The fourth-order valence-electron chi connectivity index (χ4n) is 1.22. The summed E-state index contributed by atoms with van der Waals surface area (Å²) >= 11 is 0. The van der Waals surface area contributed by atoms with Crippen LogP contribution in [0.15, 0.2) is 0 Å². The van der Waals surface area contributed by atoms with Gasteiger partial charge in [-0.05, 0) is 32.1 Å². The third-order valence-electron chi connectivity index (χ3n) is 2.27. The average molecular weight is 144 g/mol. The lowest BCUT2D eigenvalue weighted by atomic mass is 9.97. The molecule has 0 radical (unpaired) electrons. The Kier molecular flexibility index (Phi) is 2.32. The first-order valence-corrected chi connectivity index (χ1v) is 3.88. The van der Waals surface area contributed by atoms with Gasteiger partial charge in [0.15, 0.2) is 0 Å². The maximum atomic E-state index is 9.71. The molecule has 0 aromatic heterocycles. The molecule has 0 aromatic carbocycles. The third kappa shape index (κ3) is 1.96. The number of hydrogen-bond acceptors (Lipinski definition) is 2. The van der Waals surface area contributed by atoms with Crippen molar-refractivity contribution in [1.82, 2.24) is 0 Å². The normalized spacial score (nSPS) is 24.3. The lowest BCUT2D eigenvalue weighted by molar-refractivity contribution is 0.00547. The second-order valence-electron chi connectivity index (χ2n) is 3.37. The quantitative estimate of drug-likeness (QED) is 0.642. The Bertz CT molecular complexity index is 106. The highest BCUT2D eigenvalue weighted by Crippen LogP contribution is 2.41. The predicted molar refractivity (Wildman–Crippen MR) is 39.8 cm³/mol. The second-order valence-corrected chi connectivity index (χ2v) is 3.37. The van der Waals surface area contributed by atoms with Crippen molar-refractivity contribution in [3.8, 4) is 0 Å². The van der Waals surface area contributed by atoms with E-state index in [0.29, 0.717) is 12.5 Å². The van der Waals surface area contributed by atoms with E-state index in [1.165, 1.54) is 12.8 Å². The standard InChI is InChI=1S/C8H16O2/c1-8(9,5-6-10-2)7-3-4-7/h7,9H,3-6H2,1-2H3. The fourth-order valence-corrected chi connectivity index (χ4v) is 1.22. The highest BCUT2D eigenvalue weighted by Gasteiger charge is 2.39. The van der Waals surface area contributed by atoms with Crippen molar-refractivity contribution >= 4 is 0 Å². The van der Waals surface area contributed by atoms with Crippen molar-refractivity contribution in [3.05, 3.63) is 0 Å². The summed E-state index contributed by atoms with van der Waals surface area (Å²) in [4.78, 5) is 0. The molecule has 2 heteroatoms. The number of methoxy groups -OCH3 is 1. The van der Waals surface area contributed by atoms with E-state index in [-0.39, 0.29) is 0 Å². The van der Waals surface area contributed by atoms with Crippen LogP contribution in [0.1, 0.15) is 26.2 Å². The summed E-state index contributed by atoms with van der Waals surface area (Å²) < 4.78 is 4.90. The molecular formula is C8H16O2. The van der Waals surface area contributed by atoms with Gasteiger partial charge in [0.2, 0.25) is 0 Å². The van der Waals surface area contributed by atoms with Gasteiger partial charge in [-0.3, -0.25) is 0 Å². The first-order valence-electron chi connectivity index (χ1n) is 3.88. The minimum Gasteiger partial charge on any atom is -0.390 e. The number of hydrogen-bond donors (Lipinski definition) is 1. The molecule has 1 aliphatic rings. The molecule has 0 amide bonds. The van der Waals surface area contributed by atoms with Gasteiger partial charge in [0.1, 0.15) is 0 Å². The summed E-state index contributed by atoms with van der Waals surface area (Å²) in [5, 5.41) is 9.71. The molecule has 0 heterocycles. The Morgan fingerprint density at radius 3 is 2.60 bits per heavy atom. The lowest BCUT2D eigenvalue weighted by Crippen LogP contribution is -2.28.